The van der Waals surface area contributed by atoms with Gasteiger partial charge in [-0.15, -0.1) is 10.2 Å². The Morgan fingerprint density at radius 3 is 1.24 bits per heavy atom. The lowest BCUT2D eigenvalue weighted by Crippen LogP contribution is -1.92. The number of fused-ring (bicyclic) bond motifs is 6. The standard InChI is InChI=1S/C46H36N4O/c1-3-49-41-11-7-5-9-37(41)39-27-21-33(29-43(39)49)15-13-31-17-23-35(24-18-31)45-47-48-46(51-45)36-25-19-32(20-26-36)14-16-34-22-28-40-38-10-6-8-12-42(38)50(4-2)44(40)30-34/h5-30H,3-4H2,1-2H3/b15-13+,16-14+. The van der Waals surface area contributed by atoms with Crippen LogP contribution in [0.1, 0.15) is 36.1 Å². The summed E-state index contributed by atoms with van der Waals surface area (Å²) in [7, 11) is 0. The van der Waals surface area contributed by atoms with E-state index in [4.69, 9.17) is 4.42 Å². The number of benzene rings is 6. The van der Waals surface area contributed by atoms with Crippen molar-refractivity contribution in [3.05, 3.63) is 156 Å². The Labute approximate surface area is 296 Å². The molecule has 0 N–H and O–H groups in total. The molecule has 3 aromatic heterocycles. The molecule has 0 aliphatic carbocycles. The first-order chi connectivity index (χ1) is 25.2. The van der Waals surface area contributed by atoms with E-state index in [0.717, 1.165) is 35.3 Å². The van der Waals surface area contributed by atoms with Gasteiger partial charge in [-0.2, -0.15) is 0 Å². The zero-order valence-corrected chi connectivity index (χ0v) is 28.6. The van der Waals surface area contributed by atoms with E-state index in [0.29, 0.717) is 11.8 Å². The van der Waals surface area contributed by atoms with E-state index in [1.54, 1.807) is 0 Å². The predicted molar refractivity (Wildman–Crippen MR) is 213 cm³/mol. The summed E-state index contributed by atoms with van der Waals surface area (Å²) < 4.78 is 10.9. The number of hydrogen-bond donors (Lipinski definition) is 0. The molecule has 9 rings (SSSR count). The lowest BCUT2D eigenvalue weighted by molar-refractivity contribution is 0.584. The molecule has 0 amide bonds. The summed E-state index contributed by atoms with van der Waals surface area (Å²) in [5.41, 5.74) is 11.4. The minimum Gasteiger partial charge on any atom is -0.416 e. The van der Waals surface area contributed by atoms with E-state index < -0.39 is 0 Å². The van der Waals surface area contributed by atoms with Crippen LogP contribution in [-0.4, -0.2) is 19.3 Å². The van der Waals surface area contributed by atoms with Gasteiger partial charge in [0.05, 0.1) is 0 Å². The molecule has 51 heavy (non-hydrogen) atoms. The highest BCUT2D eigenvalue weighted by Crippen LogP contribution is 2.32. The fourth-order valence-corrected chi connectivity index (χ4v) is 7.34. The molecule has 246 valence electrons. The maximum absolute atomic E-state index is 6.11. The minimum absolute atomic E-state index is 0.502. The molecule has 5 heteroatoms. The number of rotatable bonds is 8. The van der Waals surface area contributed by atoms with Crippen molar-refractivity contribution in [3.8, 4) is 22.9 Å². The molecule has 9 aromatic rings. The summed E-state index contributed by atoms with van der Waals surface area (Å²) >= 11 is 0. The predicted octanol–water partition coefficient (Wildman–Crippen LogP) is 12.0. The third-order valence-corrected chi connectivity index (χ3v) is 9.90. The van der Waals surface area contributed by atoms with Crippen molar-refractivity contribution in [3.63, 3.8) is 0 Å². The van der Waals surface area contributed by atoms with Crippen molar-refractivity contribution in [2.45, 2.75) is 26.9 Å². The van der Waals surface area contributed by atoms with Crippen molar-refractivity contribution < 1.29 is 4.42 Å². The first-order valence-electron chi connectivity index (χ1n) is 17.6. The lowest BCUT2D eigenvalue weighted by atomic mass is 10.1. The molecule has 0 fully saturated rings. The van der Waals surface area contributed by atoms with E-state index in [2.05, 4.69) is 167 Å². The highest BCUT2D eigenvalue weighted by molar-refractivity contribution is 6.09. The topological polar surface area (TPSA) is 48.8 Å². The molecular weight excluding hydrogens is 625 g/mol. The summed E-state index contributed by atoms with van der Waals surface area (Å²) in [5, 5.41) is 13.9. The highest BCUT2D eigenvalue weighted by Gasteiger charge is 2.12. The third kappa shape index (κ3) is 5.53. The number of hydrogen-bond acceptors (Lipinski definition) is 3. The molecule has 0 spiro atoms. The minimum atomic E-state index is 0.502. The normalized spacial score (nSPS) is 12.1. The van der Waals surface area contributed by atoms with Crippen molar-refractivity contribution in [2.24, 2.45) is 0 Å². The summed E-state index contributed by atoms with van der Waals surface area (Å²) in [6, 6.07) is 47.1. The summed E-state index contributed by atoms with van der Waals surface area (Å²) in [6.07, 6.45) is 8.62. The van der Waals surface area contributed by atoms with Crippen LogP contribution in [-0.2, 0) is 13.1 Å². The maximum atomic E-state index is 6.11. The van der Waals surface area contributed by atoms with Gasteiger partial charge in [-0.3, -0.25) is 0 Å². The summed E-state index contributed by atoms with van der Waals surface area (Å²) in [6.45, 7) is 6.27. The van der Waals surface area contributed by atoms with Crippen molar-refractivity contribution in [1.82, 2.24) is 19.3 Å². The fraction of sp³-hybridized carbons (Fsp3) is 0.0870. The van der Waals surface area contributed by atoms with E-state index >= 15 is 0 Å². The van der Waals surface area contributed by atoms with Crippen LogP contribution < -0.4 is 0 Å². The van der Waals surface area contributed by atoms with E-state index in [9.17, 15) is 0 Å². The fourth-order valence-electron chi connectivity index (χ4n) is 7.34. The van der Waals surface area contributed by atoms with Crippen LogP contribution in [0.25, 0.3) is 90.8 Å². The molecular formula is C46H36N4O. The van der Waals surface area contributed by atoms with E-state index in [1.165, 1.54) is 54.7 Å². The molecule has 0 unspecified atom stereocenters. The van der Waals surface area contributed by atoms with Gasteiger partial charge in [0, 0.05) is 67.8 Å². The van der Waals surface area contributed by atoms with Gasteiger partial charge in [0.2, 0.25) is 11.8 Å². The Morgan fingerprint density at radius 1 is 0.431 bits per heavy atom. The molecule has 0 atom stereocenters. The molecule has 0 aliphatic rings. The van der Waals surface area contributed by atoms with Crippen LogP contribution in [0.15, 0.2) is 138 Å². The Bertz CT molecular complexity index is 2570. The smallest absolute Gasteiger partial charge is 0.248 e. The largest absolute Gasteiger partial charge is 0.416 e. The highest BCUT2D eigenvalue weighted by atomic mass is 16.4. The van der Waals surface area contributed by atoms with Gasteiger partial charge in [-0.25, -0.2) is 0 Å². The molecule has 3 heterocycles. The first kappa shape index (κ1) is 30.6. The molecule has 0 bridgehead atoms. The van der Waals surface area contributed by atoms with Gasteiger partial charge >= 0.3 is 0 Å². The second kappa shape index (κ2) is 12.8. The summed E-state index contributed by atoms with van der Waals surface area (Å²) in [4.78, 5) is 0. The molecule has 6 aromatic carbocycles. The van der Waals surface area contributed by atoms with Crippen LogP contribution in [0.2, 0.25) is 0 Å². The zero-order chi connectivity index (χ0) is 34.3. The van der Waals surface area contributed by atoms with Gasteiger partial charge < -0.3 is 13.6 Å². The third-order valence-electron chi connectivity index (χ3n) is 9.90. The second-order valence-electron chi connectivity index (χ2n) is 12.9. The number of aryl methyl sites for hydroxylation is 2. The van der Waals surface area contributed by atoms with Crippen LogP contribution in [0, 0.1) is 0 Å². The number of nitrogens with zero attached hydrogens (tertiary/aromatic N) is 4. The van der Waals surface area contributed by atoms with Gasteiger partial charge in [0.15, 0.2) is 0 Å². The van der Waals surface area contributed by atoms with Crippen LogP contribution in [0.4, 0.5) is 0 Å². The van der Waals surface area contributed by atoms with Crippen LogP contribution in [0.5, 0.6) is 0 Å². The van der Waals surface area contributed by atoms with Crippen molar-refractivity contribution in [1.29, 1.82) is 0 Å². The van der Waals surface area contributed by atoms with Gasteiger partial charge in [0.25, 0.3) is 0 Å². The van der Waals surface area contributed by atoms with Gasteiger partial charge in [-0.05, 0) is 84.6 Å². The Kier molecular flexibility index (Phi) is 7.66. The first-order valence-corrected chi connectivity index (χ1v) is 17.6. The average molecular weight is 661 g/mol. The van der Waals surface area contributed by atoms with Gasteiger partial charge in [0.1, 0.15) is 0 Å². The quantitative estimate of drug-likeness (QED) is 0.152. The van der Waals surface area contributed by atoms with Crippen LogP contribution >= 0.6 is 0 Å². The number of para-hydroxylation sites is 2. The average Bonchev–Trinajstić information content (AvgIpc) is 3.89. The monoisotopic (exact) mass is 660 g/mol. The molecule has 0 radical (unpaired) electrons. The molecule has 0 saturated heterocycles. The molecule has 0 saturated carbocycles. The molecule has 5 nitrogen and oxygen atoms in total. The Balaban J connectivity index is 0.886. The van der Waals surface area contributed by atoms with Crippen LogP contribution in [0.3, 0.4) is 0 Å². The van der Waals surface area contributed by atoms with Crippen molar-refractivity contribution in [2.75, 3.05) is 0 Å². The van der Waals surface area contributed by atoms with E-state index in [1.807, 2.05) is 24.3 Å². The lowest BCUT2D eigenvalue weighted by Gasteiger charge is -2.03. The molecule has 0 aliphatic heterocycles. The second-order valence-corrected chi connectivity index (χ2v) is 12.9. The SMILES string of the molecule is CCn1c2ccccc2c2ccc(/C=C/c3ccc(-c4nnc(-c5ccc(/C=C/c6ccc7c8ccccc8n(CC)c7c6)cc5)o4)cc3)cc21. The van der Waals surface area contributed by atoms with Gasteiger partial charge in [-0.1, -0.05) is 109 Å². The maximum Gasteiger partial charge on any atom is 0.248 e. The number of aromatic nitrogens is 4. The summed E-state index contributed by atoms with van der Waals surface area (Å²) in [5.74, 6) is 1.00. The van der Waals surface area contributed by atoms with E-state index in [-0.39, 0.29) is 0 Å². The Hall–Kier alpha value is -6.46. The Morgan fingerprint density at radius 2 is 0.804 bits per heavy atom. The van der Waals surface area contributed by atoms with Crippen molar-refractivity contribution >= 4 is 67.9 Å². The zero-order valence-electron chi connectivity index (χ0n) is 28.6.